The van der Waals surface area contributed by atoms with Gasteiger partial charge in [-0.15, -0.1) is 11.3 Å². The third-order valence-corrected chi connectivity index (χ3v) is 6.36. The topological polar surface area (TPSA) is 82.2 Å². The molecule has 2 aromatic heterocycles. The molecule has 2 atom stereocenters. The summed E-state index contributed by atoms with van der Waals surface area (Å²) in [5.41, 5.74) is 4.11. The fraction of sp³-hybridized carbons (Fsp3) is 0.300. The van der Waals surface area contributed by atoms with Gasteiger partial charge < -0.3 is 15.4 Å². The quantitative estimate of drug-likeness (QED) is 0.576. The number of aromatic nitrogens is 1. The van der Waals surface area contributed by atoms with Gasteiger partial charge in [-0.2, -0.15) is 0 Å². The number of rotatable bonds is 2. The molecule has 27 heavy (non-hydrogen) atoms. The van der Waals surface area contributed by atoms with Crippen molar-refractivity contribution in [2.75, 3.05) is 0 Å². The molecule has 1 aliphatic carbocycles. The first-order chi connectivity index (χ1) is 12.8. The Hall–Kier alpha value is -2.31. The molecular weight excluding hydrogens is 384 g/mol. The van der Waals surface area contributed by atoms with Crippen LogP contribution in [0.5, 0.6) is 0 Å². The monoisotopic (exact) mass is 404 g/mol. The number of carbonyl (C=O) groups excluding carboxylic acids is 1. The second-order valence-electron chi connectivity index (χ2n) is 6.69. The maximum absolute atomic E-state index is 12.6. The number of carbonyl (C=O) groups is 2. The summed E-state index contributed by atoms with van der Waals surface area (Å²) in [7, 11) is 0. The lowest BCUT2D eigenvalue weighted by atomic mass is 10.0. The number of carboxylic acid groups (broad SMARTS) is 1. The largest absolute Gasteiger partial charge is 0.481 e. The summed E-state index contributed by atoms with van der Waals surface area (Å²) in [6.07, 6.45) is 0.887. The fourth-order valence-electron chi connectivity index (χ4n) is 3.40. The maximum atomic E-state index is 12.6. The van der Waals surface area contributed by atoms with Crippen LogP contribution < -0.4 is 5.32 Å². The maximum Gasteiger partial charge on any atom is 0.300 e. The number of fused-ring (bicyclic) bond motifs is 2. The minimum atomic E-state index is -0.833. The van der Waals surface area contributed by atoms with Crippen molar-refractivity contribution < 1.29 is 14.7 Å². The highest BCUT2D eigenvalue weighted by molar-refractivity contribution is 7.19. The number of hydrogen-bond acceptors (Lipinski definition) is 3. The van der Waals surface area contributed by atoms with E-state index in [9.17, 15) is 4.79 Å². The van der Waals surface area contributed by atoms with E-state index in [1.54, 1.807) is 11.3 Å². The Balaban J connectivity index is 0.000000481. The highest BCUT2D eigenvalue weighted by atomic mass is 35.5. The summed E-state index contributed by atoms with van der Waals surface area (Å²) in [6, 6.07) is 10.4. The van der Waals surface area contributed by atoms with Gasteiger partial charge in [0.15, 0.2) is 0 Å². The first-order valence-electron chi connectivity index (χ1n) is 8.63. The van der Waals surface area contributed by atoms with Crippen LogP contribution in [0.25, 0.3) is 10.2 Å². The van der Waals surface area contributed by atoms with Crippen molar-refractivity contribution >= 4 is 45.0 Å². The number of aryl methyl sites for hydroxylation is 1. The number of H-pyrrole nitrogens is 1. The van der Waals surface area contributed by atoms with Crippen LogP contribution in [0.3, 0.4) is 0 Å². The summed E-state index contributed by atoms with van der Waals surface area (Å²) in [4.78, 5) is 25.8. The fourth-order valence-corrected chi connectivity index (χ4v) is 4.68. The Morgan fingerprint density at radius 1 is 1.33 bits per heavy atom. The van der Waals surface area contributed by atoms with Crippen LogP contribution >= 0.6 is 22.9 Å². The molecular formula is C20H21ClN2O3S. The molecule has 3 aromatic rings. The molecule has 0 spiro atoms. The number of thiophene rings is 1. The molecule has 0 saturated carbocycles. The van der Waals surface area contributed by atoms with Crippen molar-refractivity contribution in [1.82, 2.24) is 10.3 Å². The van der Waals surface area contributed by atoms with E-state index in [0.29, 0.717) is 16.6 Å². The number of benzene rings is 1. The Bertz CT molecular complexity index is 1000. The summed E-state index contributed by atoms with van der Waals surface area (Å²) >= 11 is 7.87. The normalized spacial score (nSPS) is 17.9. The highest BCUT2D eigenvalue weighted by Gasteiger charge is 2.30. The Morgan fingerprint density at radius 2 is 2.00 bits per heavy atom. The van der Waals surface area contributed by atoms with Gasteiger partial charge in [0.25, 0.3) is 11.9 Å². The molecule has 142 valence electrons. The van der Waals surface area contributed by atoms with Crippen molar-refractivity contribution in [3.8, 4) is 0 Å². The van der Waals surface area contributed by atoms with Crippen molar-refractivity contribution in [1.29, 1.82) is 0 Å². The number of aromatic amines is 1. The van der Waals surface area contributed by atoms with Crippen LogP contribution in [0.2, 0.25) is 5.02 Å². The molecule has 0 bridgehead atoms. The van der Waals surface area contributed by atoms with E-state index >= 15 is 0 Å². The van der Waals surface area contributed by atoms with Crippen molar-refractivity contribution in [2.24, 2.45) is 0 Å². The van der Waals surface area contributed by atoms with Crippen LogP contribution in [-0.4, -0.2) is 28.0 Å². The summed E-state index contributed by atoms with van der Waals surface area (Å²) in [5.74, 6) is -0.566. The molecule has 7 heteroatoms. The molecule has 4 rings (SSSR count). The predicted molar refractivity (Wildman–Crippen MR) is 109 cm³/mol. The van der Waals surface area contributed by atoms with Gasteiger partial charge in [0.05, 0.1) is 15.2 Å². The van der Waals surface area contributed by atoms with E-state index in [4.69, 9.17) is 21.5 Å². The summed E-state index contributed by atoms with van der Waals surface area (Å²) in [5, 5.41) is 11.3. The van der Waals surface area contributed by atoms with E-state index in [1.807, 2.05) is 13.0 Å². The van der Waals surface area contributed by atoms with Gasteiger partial charge >= 0.3 is 0 Å². The number of amides is 1. The van der Waals surface area contributed by atoms with Gasteiger partial charge in [-0.3, -0.25) is 9.59 Å². The number of aliphatic carboxylic acids is 1. The standard InChI is InChI=1S/C18H17ClN2OS.C2H4O2/c1-9-12-6-4-3-5-11(12)7-13(9)21-18(22)14-8-15-17(20-14)16(19)10(2)23-15;1-2(3)4/h3-6,8-9,13,20H,7H2,1-2H3,(H,21,22);1H3,(H,3,4)/t9-,13?;/m1./s1. The molecule has 1 amide bonds. The molecule has 5 nitrogen and oxygen atoms in total. The van der Waals surface area contributed by atoms with Gasteiger partial charge in [0.1, 0.15) is 5.69 Å². The van der Waals surface area contributed by atoms with E-state index in [2.05, 4.69) is 41.5 Å². The van der Waals surface area contributed by atoms with E-state index in [0.717, 1.165) is 28.4 Å². The first kappa shape index (κ1) is 19.5. The molecule has 0 saturated heterocycles. The molecule has 3 N–H and O–H groups in total. The molecule has 1 unspecified atom stereocenters. The van der Waals surface area contributed by atoms with E-state index < -0.39 is 5.97 Å². The number of halogens is 1. The van der Waals surface area contributed by atoms with E-state index in [-0.39, 0.29) is 11.9 Å². The smallest absolute Gasteiger partial charge is 0.300 e. The van der Waals surface area contributed by atoms with Crippen LogP contribution in [0, 0.1) is 6.92 Å². The predicted octanol–water partition coefficient (Wildman–Crippen LogP) is 4.74. The van der Waals surface area contributed by atoms with Gasteiger partial charge in [0.2, 0.25) is 0 Å². The Labute approximate surface area is 166 Å². The SMILES string of the molecule is CC(=O)O.Cc1sc2cc(C(=O)NC3Cc4ccccc4[C@H]3C)[nH]c2c1Cl. The molecule has 0 radical (unpaired) electrons. The Kier molecular flexibility index (Phi) is 5.58. The molecule has 2 heterocycles. The highest BCUT2D eigenvalue weighted by Crippen LogP contribution is 2.35. The second kappa shape index (κ2) is 7.74. The average Bonchev–Trinajstić information content (AvgIpc) is 3.23. The minimum absolute atomic E-state index is 0.0632. The van der Waals surface area contributed by atoms with Gasteiger partial charge in [-0.25, -0.2) is 0 Å². The lowest BCUT2D eigenvalue weighted by molar-refractivity contribution is -0.134. The van der Waals surface area contributed by atoms with Crippen molar-refractivity contribution in [3.05, 3.63) is 57.1 Å². The molecule has 0 aliphatic heterocycles. The van der Waals surface area contributed by atoms with Crippen LogP contribution in [0.15, 0.2) is 30.3 Å². The summed E-state index contributed by atoms with van der Waals surface area (Å²) in [6.45, 7) is 5.24. The summed E-state index contributed by atoms with van der Waals surface area (Å²) < 4.78 is 1.03. The number of nitrogens with one attached hydrogen (secondary N) is 2. The zero-order valence-corrected chi connectivity index (χ0v) is 16.9. The molecule has 1 aromatic carbocycles. The van der Waals surface area contributed by atoms with E-state index in [1.165, 1.54) is 11.1 Å². The number of carboxylic acids is 1. The van der Waals surface area contributed by atoms with Crippen molar-refractivity contribution in [2.45, 2.75) is 39.2 Å². The third kappa shape index (κ3) is 4.01. The van der Waals surface area contributed by atoms with Crippen LogP contribution in [0.1, 0.15) is 46.3 Å². The second-order valence-corrected chi connectivity index (χ2v) is 8.32. The van der Waals surface area contributed by atoms with Crippen LogP contribution in [-0.2, 0) is 11.2 Å². The van der Waals surface area contributed by atoms with Crippen LogP contribution in [0.4, 0.5) is 0 Å². The van der Waals surface area contributed by atoms with Crippen molar-refractivity contribution in [3.63, 3.8) is 0 Å². The first-order valence-corrected chi connectivity index (χ1v) is 9.83. The molecule has 0 fully saturated rings. The zero-order chi connectivity index (χ0) is 19.7. The van der Waals surface area contributed by atoms with Gasteiger partial charge in [-0.05, 0) is 30.5 Å². The minimum Gasteiger partial charge on any atom is -0.481 e. The zero-order valence-electron chi connectivity index (χ0n) is 15.3. The third-order valence-electron chi connectivity index (χ3n) is 4.72. The average molecular weight is 405 g/mol. The van der Waals surface area contributed by atoms with Gasteiger partial charge in [0, 0.05) is 23.8 Å². The Morgan fingerprint density at radius 3 is 2.63 bits per heavy atom. The lowest BCUT2D eigenvalue weighted by Gasteiger charge is -2.17. The van der Waals surface area contributed by atoms with Gasteiger partial charge in [-0.1, -0.05) is 42.8 Å². The molecule has 1 aliphatic rings. The lowest BCUT2D eigenvalue weighted by Crippen LogP contribution is -2.37. The number of hydrogen-bond donors (Lipinski definition) is 3.